The third-order valence-electron chi connectivity index (χ3n) is 3.64. The molecular weight excluding hydrogens is 313 g/mol. The van der Waals surface area contributed by atoms with Gasteiger partial charge >= 0.3 is 6.36 Å². The second-order valence-corrected chi connectivity index (χ2v) is 5.03. The van der Waals surface area contributed by atoms with Gasteiger partial charge in [-0.2, -0.15) is 0 Å². The Bertz CT molecular complexity index is 1030. The number of alkyl halides is 3. The fourth-order valence-electron chi connectivity index (χ4n) is 2.74. The van der Waals surface area contributed by atoms with Crippen LogP contribution in [0.4, 0.5) is 13.2 Å². The minimum absolute atomic E-state index is 0.0374. The van der Waals surface area contributed by atoms with Gasteiger partial charge in [0.15, 0.2) is 0 Å². The number of hydrogen-bond acceptors (Lipinski definition) is 3. The molecule has 5 nitrogen and oxygen atoms in total. The van der Waals surface area contributed by atoms with E-state index in [9.17, 15) is 22.8 Å². The van der Waals surface area contributed by atoms with E-state index in [1.54, 1.807) is 12.1 Å². The van der Waals surface area contributed by atoms with Gasteiger partial charge in [-0.15, -0.1) is 13.2 Å². The van der Waals surface area contributed by atoms with Crippen LogP contribution in [0.25, 0.3) is 22.3 Å². The standard InChI is InChI=1S/C15H7F3N2O3/c16-15(17,18)23-7-3-4-9-8(6-7)13(21)11-12(19-9)10-2-1-5-20(10)14(11)22/h1-6H,(H,19,21). The summed E-state index contributed by atoms with van der Waals surface area (Å²) < 4.78 is 42.0. The smallest absolute Gasteiger partial charge is 0.406 e. The Morgan fingerprint density at radius 3 is 2.65 bits per heavy atom. The molecule has 0 radical (unpaired) electrons. The molecule has 0 amide bonds. The molecular formula is C15H7F3N2O3. The molecule has 0 saturated carbocycles. The van der Waals surface area contributed by atoms with Gasteiger partial charge in [0.2, 0.25) is 5.43 Å². The van der Waals surface area contributed by atoms with Gasteiger partial charge in [0, 0.05) is 11.6 Å². The van der Waals surface area contributed by atoms with Crippen molar-refractivity contribution in [1.29, 1.82) is 0 Å². The van der Waals surface area contributed by atoms with Gasteiger partial charge in [0.25, 0.3) is 5.91 Å². The first-order valence-electron chi connectivity index (χ1n) is 6.53. The van der Waals surface area contributed by atoms with E-state index >= 15 is 0 Å². The van der Waals surface area contributed by atoms with E-state index in [1.165, 1.54) is 16.8 Å². The molecule has 0 fully saturated rings. The highest BCUT2D eigenvalue weighted by atomic mass is 19.4. The monoisotopic (exact) mass is 320 g/mol. The summed E-state index contributed by atoms with van der Waals surface area (Å²) in [6.45, 7) is 0. The summed E-state index contributed by atoms with van der Waals surface area (Å²) in [7, 11) is 0. The van der Waals surface area contributed by atoms with Crippen LogP contribution in [-0.4, -0.2) is 21.8 Å². The molecule has 4 rings (SSSR count). The van der Waals surface area contributed by atoms with Crippen molar-refractivity contribution in [2.75, 3.05) is 0 Å². The maximum absolute atomic E-state index is 12.5. The second-order valence-electron chi connectivity index (χ2n) is 5.03. The van der Waals surface area contributed by atoms with Gasteiger partial charge in [-0.25, -0.2) is 0 Å². The number of fused-ring (bicyclic) bond motifs is 4. The number of hydrogen-bond donors (Lipinski definition) is 1. The lowest BCUT2D eigenvalue weighted by Crippen LogP contribution is -2.19. The first kappa shape index (κ1) is 13.6. The van der Waals surface area contributed by atoms with E-state index in [4.69, 9.17) is 0 Å². The molecule has 0 spiro atoms. The largest absolute Gasteiger partial charge is 0.573 e. The lowest BCUT2D eigenvalue weighted by molar-refractivity contribution is -0.274. The number of nitrogens with zero attached hydrogens (tertiary/aromatic N) is 1. The van der Waals surface area contributed by atoms with Crippen molar-refractivity contribution in [3.8, 4) is 17.1 Å². The topological polar surface area (TPSA) is 64.1 Å². The molecule has 116 valence electrons. The van der Waals surface area contributed by atoms with Gasteiger partial charge in [-0.1, -0.05) is 0 Å². The number of aromatic amines is 1. The van der Waals surface area contributed by atoms with Gasteiger partial charge in [0.1, 0.15) is 11.3 Å². The highest BCUT2D eigenvalue weighted by Crippen LogP contribution is 2.31. The third kappa shape index (κ3) is 1.95. The molecule has 8 heteroatoms. The summed E-state index contributed by atoms with van der Waals surface area (Å²) in [5.74, 6) is -1.02. The number of halogens is 3. The van der Waals surface area contributed by atoms with Crippen LogP contribution >= 0.6 is 0 Å². The molecule has 0 saturated heterocycles. The summed E-state index contributed by atoms with van der Waals surface area (Å²) in [4.78, 5) is 27.7. The number of carbonyl (C=O) groups excluding carboxylic acids is 1. The van der Waals surface area contributed by atoms with Gasteiger partial charge in [0.05, 0.1) is 16.9 Å². The molecule has 1 aliphatic heterocycles. The minimum Gasteiger partial charge on any atom is -0.406 e. The Morgan fingerprint density at radius 1 is 1.13 bits per heavy atom. The summed E-state index contributed by atoms with van der Waals surface area (Å²) in [6, 6.07) is 6.73. The summed E-state index contributed by atoms with van der Waals surface area (Å²) >= 11 is 0. The van der Waals surface area contributed by atoms with E-state index in [-0.39, 0.29) is 10.9 Å². The van der Waals surface area contributed by atoms with Crippen LogP contribution < -0.4 is 10.2 Å². The predicted octanol–water partition coefficient (Wildman–Crippen LogP) is 2.90. The number of ether oxygens (including phenoxy) is 1. The maximum atomic E-state index is 12.5. The number of H-pyrrole nitrogens is 1. The van der Waals surface area contributed by atoms with Crippen LogP contribution in [0.5, 0.6) is 5.75 Å². The highest BCUT2D eigenvalue weighted by Gasteiger charge is 2.32. The summed E-state index contributed by atoms with van der Waals surface area (Å²) in [5, 5.41) is -0.0374. The summed E-state index contributed by atoms with van der Waals surface area (Å²) in [6.07, 6.45) is -3.33. The average Bonchev–Trinajstić information content (AvgIpc) is 3.02. The third-order valence-corrected chi connectivity index (χ3v) is 3.64. The molecule has 1 N–H and O–H groups in total. The maximum Gasteiger partial charge on any atom is 0.573 e. The molecule has 0 aliphatic carbocycles. The number of pyridine rings is 1. The van der Waals surface area contributed by atoms with Crippen molar-refractivity contribution < 1.29 is 22.7 Å². The van der Waals surface area contributed by atoms with Crippen molar-refractivity contribution in [3.63, 3.8) is 0 Å². The molecule has 0 bridgehead atoms. The lowest BCUT2D eigenvalue weighted by atomic mass is 10.1. The fourth-order valence-corrected chi connectivity index (χ4v) is 2.74. The van der Waals surface area contributed by atoms with Crippen molar-refractivity contribution in [2.45, 2.75) is 6.36 Å². The number of aromatic nitrogens is 2. The van der Waals surface area contributed by atoms with Crippen molar-refractivity contribution in [1.82, 2.24) is 9.55 Å². The van der Waals surface area contributed by atoms with E-state index in [2.05, 4.69) is 9.72 Å². The van der Waals surface area contributed by atoms with E-state index in [0.717, 1.165) is 12.1 Å². The van der Waals surface area contributed by atoms with Crippen LogP contribution in [0, 0.1) is 0 Å². The minimum atomic E-state index is -4.86. The number of rotatable bonds is 1. The molecule has 3 heterocycles. The molecule has 23 heavy (non-hydrogen) atoms. The first-order chi connectivity index (χ1) is 10.8. The normalized spacial score (nSPS) is 13.3. The molecule has 0 unspecified atom stereocenters. The predicted molar refractivity (Wildman–Crippen MR) is 74.4 cm³/mol. The van der Waals surface area contributed by atoms with Crippen LogP contribution in [-0.2, 0) is 0 Å². The van der Waals surface area contributed by atoms with Crippen LogP contribution in [0.3, 0.4) is 0 Å². The molecule has 1 aromatic carbocycles. The zero-order valence-electron chi connectivity index (χ0n) is 11.3. The molecule has 2 aromatic heterocycles. The summed E-state index contributed by atoms with van der Waals surface area (Å²) in [5.41, 5.74) is 0.514. The zero-order valence-corrected chi connectivity index (χ0v) is 11.3. The highest BCUT2D eigenvalue weighted by molar-refractivity contribution is 6.10. The Labute approximate surface area is 125 Å². The number of benzene rings is 1. The zero-order chi connectivity index (χ0) is 16.4. The number of nitrogens with one attached hydrogen (secondary N) is 1. The Balaban J connectivity index is 1.97. The average molecular weight is 320 g/mol. The second kappa shape index (κ2) is 4.25. The van der Waals surface area contributed by atoms with E-state index < -0.39 is 23.4 Å². The lowest BCUT2D eigenvalue weighted by Gasteiger charge is -2.10. The SMILES string of the molecule is O=C1c2c([nH]c3ccc(OC(F)(F)F)cc3c2=O)-c2cccn21. The Morgan fingerprint density at radius 2 is 1.91 bits per heavy atom. The van der Waals surface area contributed by atoms with Crippen molar-refractivity contribution in [3.05, 3.63) is 52.3 Å². The van der Waals surface area contributed by atoms with Crippen molar-refractivity contribution in [2.24, 2.45) is 0 Å². The van der Waals surface area contributed by atoms with Gasteiger partial charge in [-0.3, -0.25) is 14.2 Å². The Kier molecular flexibility index (Phi) is 2.52. The van der Waals surface area contributed by atoms with Crippen molar-refractivity contribution >= 4 is 16.8 Å². The number of carbonyl (C=O) groups is 1. The molecule has 1 aliphatic rings. The first-order valence-corrected chi connectivity index (χ1v) is 6.53. The van der Waals surface area contributed by atoms with Crippen LogP contribution in [0.15, 0.2) is 41.3 Å². The van der Waals surface area contributed by atoms with E-state index in [0.29, 0.717) is 16.9 Å². The van der Waals surface area contributed by atoms with Crippen LogP contribution in [0.2, 0.25) is 0 Å². The molecule has 3 aromatic rings. The van der Waals surface area contributed by atoms with E-state index in [1.807, 2.05) is 0 Å². The van der Waals surface area contributed by atoms with Crippen LogP contribution in [0.1, 0.15) is 10.4 Å². The quantitative estimate of drug-likeness (QED) is 0.586. The fraction of sp³-hybridized carbons (Fsp3) is 0.0667. The van der Waals surface area contributed by atoms with Gasteiger partial charge < -0.3 is 9.72 Å². The Hall–Kier alpha value is -3.03. The van der Waals surface area contributed by atoms with Gasteiger partial charge in [-0.05, 0) is 30.3 Å². The molecule has 0 atom stereocenters.